The van der Waals surface area contributed by atoms with Gasteiger partial charge in [0.15, 0.2) is 0 Å². The molecule has 4 nitrogen and oxygen atoms in total. The number of aromatic nitrogens is 2. The predicted molar refractivity (Wildman–Crippen MR) is 62.2 cm³/mol. The summed E-state index contributed by atoms with van der Waals surface area (Å²) in [5, 5.41) is 8.46. The Labute approximate surface area is 96.3 Å². The fourth-order valence-electron chi connectivity index (χ4n) is 1.73. The van der Waals surface area contributed by atoms with E-state index in [0.717, 1.165) is 44.3 Å². The van der Waals surface area contributed by atoms with Gasteiger partial charge in [-0.2, -0.15) is 0 Å². The first kappa shape index (κ1) is 12.7. The summed E-state index contributed by atoms with van der Waals surface area (Å²) in [5.41, 5.74) is 0. The molecule has 16 heavy (non-hydrogen) atoms. The Hall–Kier alpha value is -1.32. The van der Waals surface area contributed by atoms with Gasteiger partial charge in [-0.3, -0.25) is 4.79 Å². The van der Waals surface area contributed by atoms with Gasteiger partial charge in [0.05, 0.1) is 0 Å². The molecule has 4 heteroatoms. The third-order valence-electron chi connectivity index (χ3n) is 2.71. The van der Waals surface area contributed by atoms with Gasteiger partial charge in [0, 0.05) is 32.3 Å². The van der Waals surface area contributed by atoms with E-state index in [2.05, 4.69) is 4.98 Å². The first-order valence-electron chi connectivity index (χ1n) is 5.88. The number of aryl methyl sites for hydroxylation is 2. The molecular formula is C12H20N2O2. The van der Waals surface area contributed by atoms with Gasteiger partial charge in [-0.1, -0.05) is 19.3 Å². The van der Waals surface area contributed by atoms with Gasteiger partial charge >= 0.3 is 5.97 Å². The SMILES string of the molecule is Cn1ccnc1CCCCCCCC(=O)O. The lowest BCUT2D eigenvalue weighted by molar-refractivity contribution is -0.137. The molecule has 0 aliphatic carbocycles. The first-order chi connectivity index (χ1) is 7.70. The van der Waals surface area contributed by atoms with Crippen molar-refractivity contribution in [1.82, 2.24) is 9.55 Å². The Bertz CT molecular complexity index is 321. The van der Waals surface area contributed by atoms with Crippen LogP contribution in [0.5, 0.6) is 0 Å². The second-order valence-electron chi connectivity index (χ2n) is 4.12. The van der Waals surface area contributed by atoms with Gasteiger partial charge < -0.3 is 9.67 Å². The molecule has 0 amide bonds. The monoisotopic (exact) mass is 224 g/mol. The average molecular weight is 224 g/mol. The van der Waals surface area contributed by atoms with E-state index in [1.165, 1.54) is 0 Å². The van der Waals surface area contributed by atoms with E-state index >= 15 is 0 Å². The van der Waals surface area contributed by atoms with Gasteiger partial charge in [-0.05, 0) is 12.8 Å². The molecule has 0 fully saturated rings. The van der Waals surface area contributed by atoms with Crippen LogP contribution in [0.2, 0.25) is 0 Å². The number of rotatable bonds is 8. The molecule has 1 heterocycles. The van der Waals surface area contributed by atoms with E-state index in [9.17, 15) is 4.79 Å². The molecule has 0 aliphatic rings. The van der Waals surface area contributed by atoms with Crippen LogP contribution in [-0.2, 0) is 18.3 Å². The largest absolute Gasteiger partial charge is 0.481 e. The van der Waals surface area contributed by atoms with Gasteiger partial charge in [0.25, 0.3) is 0 Å². The van der Waals surface area contributed by atoms with Crippen molar-refractivity contribution in [3.8, 4) is 0 Å². The topological polar surface area (TPSA) is 55.1 Å². The molecule has 1 N–H and O–H groups in total. The highest BCUT2D eigenvalue weighted by Gasteiger charge is 1.99. The van der Waals surface area contributed by atoms with Crippen LogP contribution in [-0.4, -0.2) is 20.6 Å². The Morgan fingerprint density at radius 2 is 2.00 bits per heavy atom. The first-order valence-corrected chi connectivity index (χ1v) is 5.88. The number of unbranched alkanes of at least 4 members (excludes halogenated alkanes) is 4. The van der Waals surface area contributed by atoms with Crippen LogP contribution in [0.3, 0.4) is 0 Å². The van der Waals surface area contributed by atoms with Crippen LogP contribution in [0.15, 0.2) is 12.4 Å². The highest BCUT2D eigenvalue weighted by molar-refractivity contribution is 5.66. The predicted octanol–water partition coefficient (Wildman–Crippen LogP) is 2.39. The maximum atomic E-state index is 10.3. The summed E-state index contributed by atoms with van der Waals surface area (Å²) in [6.45, 7) is 0. The average Bonchev–Trinajstić information content (AvgIpc) is 2.62. The summed E-state index contributed by atoms with van der Waals surface area (Å²) in [6.07, 6.45) is 10.3. The lowest BCUT2D eigenvalue weighted by atomic mass is 10.1. The van der Waals surface area contributed by atoms with Gasteiger partial charge in [-0.25, -0.2) is 4.98 Å². The number of carbonyl (C=O) groups is 1. The highest BCUT2D eigenvalue weighted by atomic mass is 16.4. The van der Waals surface area contributed by atoms with Crippen LogP contribution in [0.1, 0.15) is 44.3 Å². The van der Waals surface area contributed by atoms with E-state index in [1.54, 1.807) is 0 Å². The minimum atomic E-state index is -0.687. The number of aliphatic carboxylic acids is 1. The van der Waals surface area contributed by atoms with E-state index in [0.29, 0.717) is 6.42 Å². The Morgan fingerprint density at radius 1 is 1.31 bits per heavy atom. The smallest absolute Gasteiger partial charge is 0.303 e. The minimum Gasteiger partial charge on any atom is -0.481 e. The lowest BCUT2D eigenvalue weighted by Crippen LogP contribution is -1.97. The molecule has 0 aromatic carbocycles. The fraction of sp³-hybridized carbons (Fsp3) is 0.667. The van der Waals surface area contributed by atoms with Crippen molar-refractivity contribution in [2.75, 3.05) is 0 Å². The molecule has 0 spiro atoms. The second kappa shape index (κ2) is 7.04. The molecule has 1 rings (SSSR count). The van der Waals surface area contributed by atoms with Crippen LogP contribution >= 0.6 is 0 Å². The minimum absolute atomic E-state index is 0.305. The van der Waals surface area contributed by atoms with Crippen molar-refractivity contribution in [3.05, 3.63) is 18.2 Å². The summed E-state index contributed by atoms with van der Waals surface area (Å²) in [4.78, 5) is 14.5. The van der Waals surface area contributed by atoms with Crippen LogP contribution < -0.4 is 0 Å². The number of imidazole rings is 1. The molecule has 0 saturated heterocycles. The third-order valence-corrected chi connectivity index (χ3v) is 2.71. The van der Waals surface area contributed by atoms with Crippen molar-refractivity contribution in [2.24, 2.45) is 7.05 Å². The molecule has 90 valence electrons. The summed E-state index contributed by atoms with van der Waals surface area (Å²) in [5.74, 6) is 0.443. The maximum Gasteiger partial charge on any atom is 0.303 e. The van der Waals surface area contributed by atoms with Crippen molar-refractivity contribution >= 4 is 5.97 Å². The number of hydrogen-bond donors (Lipinski definition) is 1. The highest BCUT2D eigenvalue weighted by Crippen LogP contribution is 2.08. The van der Waals surface area contributed by atoms with E-state index in [1.807, 2.05) is 24.0 Å². The molecule has 0 radical (unpaired) electrons. The number of carboxylic acids is 1. The number of carboxylic acid groups (broad SMARTS) is 1. The Balaban J connectivity index is 1.96. The molecule has 0 bridgehead atoms. The normalized spacial score (nSPS) is 10.6. The summed E-state index contributed by atoms with van der Waals surface area (Å²) < 4.78 is 2.05. The third kappa shape index (κ3) is 4.96. The van der Waals surface area contributed by atoms with Crippen molar-refractivity contribution in [3.63, 3.8) is 0 Å². The zero-order valence-electron chi connectivity index (χ0n) is 9.85. The molecular weight excluding hydrogens is 204 g/mol. The van der Waals surface area contributed by atoms with Crippen LogP contribution in [0.25, 0.3) is 0 Å². The molecule has 1 aromatic heterocycles. The lowest BCUT2D eigenvalue weighted by Gasteiger charge is -2.01. The number of nitrogens with zero attached hydrogens (tertiary/aromatic N) is 2. The zero-order chi connectivity index (χ0) is 11.8. The van der Waals surface area contributed by atoms with Crippen molar-refractivity contribution in [2.45, 2.75) is 44.9 Å². The van der Waals surface area contributed by atoms with Crippen molar-refractivity contribution in [1.29, 1.82) is 0 Å². The van der Waals surface area contributed by atoms with E-state index in [-0.39, 0.29) is 0 Å². The summed E-state index contributed by atoms with van der Waals surface area (Å²) >= 11 is 0. The summed E-state index contributed by atoms with van der Waals surface area (Å²) in [6, 6.07) is 0. The van der Waals surface area contributed by atoms with Gasteiger partial charge in [0.2, 0.25) is 0 Å². The zero-order valence-corrected chi connectivity index (χ0v) is 9.85. The summed E-state index contributed by atoms with van der Waals surface area (Å²) in [7, 11) is 2.01. The maximum absolute atomic E-state index is 10.3. The van der Waals surface area contributed by atoms with Gasteiger partial charge in [0.1, 0.15) is 5.82 Å². The van der Waals surface area contributed by atoms with E-state index < -0.39 is 5.97 Å². The van der Waals surface area contributed by atoms with E-state index in [4.69, 9.17) is 5.11 Å². The Kier molecular flexibility index (Phi) is 5.61. The second-order valence-corrected chi connectivity index (χ2v) is 4.12. The molecule has 0 saturated carbocycles. The van der Waals surface area contributed by atoms with Crippen molar-refractivity contribution < 1.29 is 9.90 Å². The van der Waals surface area contributed by atoms with Crippen LogP contribution in [0.4, 0.5) is 0 Å². The molecule has 0 unspecified atom stereocenters. The van der Waals surface area contributed by atoms with Gasteiger partial charge in [-0.15, -0.1) is 0 Å². The molecule has 0 atom stereocenters. The number of hydrogen-bond acceptors (Lipinski definition) is 2. The fourth-order valence-corrected chi connectivity index (χ4v) is 1.73. The standard InChI is InChI=1S/C12H20N2O2/c1-14-10-9-13-11(14)7-5-3-2-4-6-8-12(15)16/h9-10H,2-8H2,1H3,(H,15,16). The molecule has 1 aromatic rings. The Morgan fingerprint density at radius 3 is 2.62 bits per heavy atom. The quantitative estimate of drug-likeness (QED) is 0.690. The molecule has 0 aliphatic heterocycles. The van der Waals surface area contributed by atoms with Crippen LogP contribution in [0, 0.1) is 0 Å².